The van der Waals surface area contributed by atoms with E-state index < -0.39 is 29.4 Å². The van der Waals surface area contributed by atoms with Crippen molar-refractivity contribution in [1.82, 2.24) is 5.48 Å². The fourth-order valence-electron chi connectivity index (χ4n) is 0.993. The standard InChI is InChI=1S/C10H17NO6/c1-10(2,3)17-9(15)8(14)6(11-16)4-5-7(12)13/h6,11,16H,4-5H2,1-3H3,(H,12,13)/t6-/m0/s1. The number of hydroxylamine groups is 1. The molecular weight excluding hydrogens is 230 g/mol. The van der Waals surface area contributed by atoms with Crippen molar-refractivity contribution < 1.29 is 29.4 Å². The van der Waals surface area contributed by atoms with Crippen LogP contribution >= 0.6 is 0 Å². The molecule has 7 heteroatoms. The second kappa shape index (κ2) is 6.31. The van der Waals surface area contributed by atoms with Gasteiger partial charge in [0.1, 0.15) is 11.6 Å². The molecule has 0 fully saturated rings. The van der Waals surface area contributed by atoms with Crippen LogP contribution in [0.25, 0.3) is 0 Å². The van der Waals surface area contributed by atoms with E-state index in [9.17, 15) is 14.4 Å². The minimum Gasteiger partial charge on any atom is -0.481 e. The van der Waals surface area contributed by atoms with E-state index in [4.69, 9.17) is 15.1 Å². The van der Waals surface area contributed by atoms with Crippen LogP contribution < -0.4 is 5.48 Å². The molecule has 0 radical (unpaired) electrons. The van der Waals surface area contributed by atoms with Crippen LogP contribution in [0.3, 0.4) is 0 Å². The quantitative estimate of drug-likeness (QED) is 0.347. The predicted octanol–water partition coefficient (Wildman–Crippen LogP) is 0.109. The van der Waals surface area contributed by atoms with Crippen molar-refractivity contribution in [3.8, 4) is 0 Å². The highest BCUT2D eigenvalue weighted by Gasteiger charge is 2.29. The SMILES string of the molecule is CC(C)(C)OC(=O)C(=O)[C@H](CCC(=O)O)NO. The second-order valence-electron chi connectivity index (χ2n) is 4.48. The zero-order chi connectivity index (χ0) is 13.6. The number of carboxylic acids is 1. The van der Waals surface area contributed by atoms with Crippen LogP contribution in [0.4, 0.5) is 0 Å². The van der Waals surface area contributed by atoms with Crippen LogP contribution in [0, 0.1) is 0 Å². The molecule has 0 aliphatic carbocycles. The zero-order valence-electron chi connectivity index (χ0n) is 10.0. The number of carboxylic acid groups (broad SMARTS) is 1. The van der Waals surface area contributed by atoms with E-state index in [0.29, 0.717) is 0 Å². The zero-order valence-corrected chi connectivity index (χ0v) is 10.0. The molecule has 0 bridgehead atoms. The maximum Gasteiger partial charge on any atom is 0.376 e. The van der Waals surface area contributed by atoms with Crippen LogP contribution in [0.5, 0.6) is 0 Å². The van der Waals surface area contributed by atoms with E-state index in [1.165, 1.54) is 0 Å². The first-order valence-electron chi connectivity index (χ1n) is 5.06. The average molecular weight is 247 g/mol. The number of carbonyl (C=O) groups excluding carboxylic acids is 2. The van der Waals surface area contributed by atoms with Crippen LogP contribution in [0.2, 0.25) is 0 Å². The summed E-state index contributed by atoms with van der Waals surface area (Å²) in [6.07, 6.45) is -0.531. The molecule has 7 nitrogen and oxygen atoms in total. The van der Waals surface area contributed by atoms with Crippen molar-refractivity contribution in [2.75, 3.05) is 0 Å². The molecule has 98 valence electrons. The highest BCUT2D eigenvalue weighted by Crippen LogP contribution is 2.09. The summed E-state index contributed by atoms with van der Waals surface area (Å²) in [5.41, 5.74) is 0.790. The summed E-state index contributed by atoms with van der Waals surface area (Å²) in [4.78, 5) is 33.1. The Kier molecular flexibility index (Phi) is 5.77. The average Bonchev–Trinajstić information content (AvgIpc) is 2.15. The summed E-state index contributed by atoms with van der Waals surface area (Å²) in [6.45, 7) is 4.78. The number of rotatable bonds is 6. The first kappa shape index (κ1) is 15.5. The number of hydrogen-bond donors (Lipinski definition) is 3. The second-order valence-corrected chi connectivity index (χ2v) is 4.48. The molecule has 0 heterocycles. The van der Waals surface area contributed by atoms with Gasteiger partial charge in [-0.1, -0.05) is 0 Å². The van der Waals surface area contributed by atoms with Gasteiger partial charge in [0.25, 0.3) is 5.78 Å². The fourth-order valence-corrected chi connectivity index (χ4v) is 0.993. The summed E-state index contributed by atoms with van der Waals surface area (Å²) in [6, 6.07) is -1.26. The van der Waals surface area contributed by atoms with Gasteiger partial charge in [-0.05, 0) is 27.2 Å². The number of esters is 1. The Morgan fingerprint density at radius 2 is 1.82 bits per heavy atom. The Morgan fingerprint density at radius 3 is 2.18 bits per heavy atom. The Bertz CT molecular complexity index is 306. The van der Waals surface area contributed by atoms with Gasteiger partial charge in [0.15, 0.2) is 0 Å². The molecule has 0 spiro atoms. The number of ether oxygens (including phenoxy) is 1. The van der Waals surface area contributed by atoms with Crippen molar-refractivity contribution in [3.05, 3.63) is 0 Å². The lowest BCUT2D eigenvalue weighted by Crippen LogP contribution is -2.42. The summed E-state index contributed by atoms with van der Waals surface area (Å²) in [5.74, 6) is -3.22. The molecule has 17 heavy (non-hydrogen) atoms. The van der Waals surface area contributed by atoms with Crippen molar-refractivity contribution in [1.29, 1.82) is 0 Å². The Labute approximate surface area is 98.7 Å². The van der Waals surface area contributed by atoms with E-state index >= 15 is 0 Å². The van der Waals surface area contributed by atoms with Crippen LogP contribution in [0.1, 0.15) is 33.6 Å². The first-order valence-corrected chi connectivity index (χ1v) is 5.06. The van der Waals surface area contributed by atoms with Crippen molar-refractivity contribution in [2.24, 2.45) is 0 Å². The van der Waals surface area contributed by atoms with Gasteiger partial charge in [-0.15, -0.1) is 0 Å². The van der Waals surface area contributed by atoms with Crippen molar-refractivity contribution >= 4 is 17.7 Å². The van der Waals surface area contributed by atoms with E-state index in [-0.39, 0.29) is 12.8 Å². The smallest absolute Gasteiger partial charge is 0.376 e. The molecule has 3 N–H and O–H groups in total. The minimum atomic E-state index is -1.26. The normalized spacial score (nSPS) is 12.9. The van der Waals surface area contributed by atoms with Gasteiger partial charge in [0.2, 0.25) is 0 Å². The van der Waals surface area contributed by atoms with Gasteiger partial charge in [-0.3, -0.25) is 9.59 Å². The van der Waals surface area contributed by atoms with Crippen LogP contribution in [-0.4, -0.2) is 39.7 Å². The molecule has 0 unspecified atom stereocenters. The van der Waals surface area contributed by atoms with Crippen LogP contribution in [-0.2, 0) is 19.1 Å². The monoisotopic (exact) mass is 247 g/mol. The van der Waals surface area contributed by atoms with Crippen molar-refractivity contribution in [2.45, 2.75) is 45.3 Å². The number of ketones is 1. The topological polar surface area (TPSA) is 113 Å². The summed E-state index contributed by atoms with van der Waals surface area (Å²) in [7, 11) is 0. The Hall–Kier alpha value is -1.47. The lowest BCUT2D eigenvalue weighted by Gasteiger charge is -2.20. The molecular formula is C10H17NO6. The molecule has 0 aliphatic rings. The largest absolute Gasteiger partial charge is 0.481 e. The number of hydrogen-bond acceptors (Lipinski definition) is 6. The lowest BCUT2D eigenvalue weighted by molar-refractivity contribution is -0.164. The third-order valence-corrected chi connectivity index (χ3v) is 1.72. The van der Waals surface area contributed by atoms with E-state index in [1.54, 1.807) is 26.3 Å². The molecule has 1 atom stereocenters. The molecule has 0 aliphatic heterocycles. The fraction of sp³-hybridized carbons (Fsp3) is 0.700. The maximum absolute atomic E-state index is 11.5. The summed E-state index contributed by atoms with van der Waals surface area (Å²) >= 11 is 0. The molecule has 0 aromatic heterocycles. The Morgan fingerprint density at radius 1 is 1.29 bits per heavy atom. The van der Waals surface area contributed by atoms with Gasteiger partial charge >= 0.3 is 11.9 Å². The van der Waals surface area contributed by atoms with Gasteiger partial charge in [0, 0.05) is 6.42 Å². The number of Topliss-reactive ketones (excluding diaryl/α,β-unsaturated/α-hetero) is 1. The first-order chi connectivity index (χ1) is 7.67. The van der Waals surface area contributed by atoms with Crippen LogP contribution in [0.15, 0.2) is 0 Å². The third-order valence-electron chi connectivity index (χ3n) is 1.72. The highest BCUT2D eigenvalue weighted by molar-refractivity contribution is 6.35. The van der Waals surface area contributed by atoms with Crippen molar-refractivity contribution in [3.63, 3.8) is 0 Å². The Balaban J connectivity index is 4.43. The van der Waals surface area contributed by atoms with Gasteiger partial charge in [-0.25, -0.2) is 4.79 Å². The van der Waals surface area contributed by atoms with E-state index in [1.807, 2.05) is 0 Å². The van der Waals surface area contributed by atoms with Gasteiger partial charge < -0.3 is 15.1 Å². The lowest BCUT2D eigenvalue weighted by atomic mass is 10.1. The van der Waals surface area contributed by atoms with E-state index in [0.717, 1.165) is 0 Å². The molecule has 0 aromatic rings. The molecule has 0 amide bonds. The molecule has 0 aromatic carbocycles. The molecule has 0 saturated carbocycles. The summed E-state index contributed by atoms with van der Waals surface area (Å²) in [5, 5.41) is 17.1. The van der Waals surface area contributed by atoms with E-state index in [2.05, 4.69) is 0 Å². The molecule has 0 rings (SSSR count). The van der Waals surface area contributed by atoms with Gasteiger partial charge in [0.05, 0.1) is 0 Å². The highest BCUT2D eigenvalue weighted by atomic mass is 16.6. The molecule has 0 saturated heterocycles. The van der Waals surface area contributed by atoms with Gasteiger partial charge in [-0.2, -0.15) is 5.48 Å². The minimum absolute atomic E-state index is 0.191. The number of aliphatic carboxylic acids is 1. The predicted molar refractivity (Wildman–Crippen MR) is 56.4 cm³/mol. The summed E-state index contributed by atoms with van der Waals surface area (Å²) < 4.78 is 4.80. The number of nitrogens with one attached hydrogen (secondary N) is 1. The maximum atomic E-state index is 11.5. The number of carbonyl (C=O) groups is 3. The third kappa shape index (κ3) is 6.64.